The van der Waals surface area contributed by atoms with Crippen LogP contribution in [0, 0.1) is 0 Å². The number of amides is 1. The maximum absolute atomic E-state index is 12.5. The van der Waals surface area contributed by atoms with Crippen molar-refractivity contribution in [3.8, 4) is 5.88 Å². The number of carbonyl (C=O) groups excluding carboxylic acids is 1. The van der Waals surface area contributed by atoms with Crippen molar-refractivity contribution >= 4 is 12.1 Å². The Hall–Kier alpha value is -1.66. The lowest BCUT2D eigenvalue weighted by Gasteiger charge is -2.09. The second kappa shape index (κ2) is 4.68. The molecule has 0 aromatic carbocycles. The van der Waals surface area contributed by atoms with Gasteiger partial charge in [-0.3, -0.25) is 9.48 Å². The highest BCUT2D eigenvalue weighted by molar-refractivity contribution is 5.73. The van der Waals surface area contributed by atoms with Crippen LogP contribution in [0.5, 0.6) is 5.88 Å². The minimum Gasteiger partial charge on any atom is -0.472 e. The van der Waals surface area contributed by atoms with Crippen LogP contribution < -0.4 is 10.1 Å². The van der Waals surface area contributed by atoms with Gasteiger partial charge in [-0.05, 0) is 19.8 Å². The first kappa shape index (κ1) is 11.8. The first-order chi connectivity index (χ1) is 8.11. The fourth-order valence-corrected chi connectivity index (χ4v) is 1.29. The predicted octanol–water partition coefficient (Wildman–Crippen LogP) is 1.82. The summed E-state index contributed by atoms with van der Waals surface area (Å²) in [6, 6.07) is -1.06. The number of hydrogen-bond donors (Lipinski definition) is 1. The van der Waals surface area contributed by atoms with Crippen molar-refractivity contribution in [2.24, 2.45) is 0 Å². The smallest absolute Gasteiger partial charge is 0.260 e. The number of aromatic nitrogens is 2. The molecule has 0 saturated heterocycles. The quantitative estimate of drug-likeness (QED) is 0.778. The molecule has 1 saturated carbocycles. The highest BCUT2D eigenvalue weighted by atomic mass is 19.3. The van der Waals surface area contributed by atoms with E-state index < -0.39 is 12.5 Å². The van der Waals surface area contributed by atoms with Crippen LogP contribution in [0.3, 0.4) is 0 Å². The molecule has 1 N–H and O–H groups in total. The van der Waals surface area contributed by atoms with Crippen LogP contribution in [0.1, 0.15) is 25.8 Å². The molecule has 0 radical (unpaired) electrons. The molecule has 17 heavy (non-hydrogen) atoms. The van der Waals surface area contributed by atoms with Crippen LogP contribution in [0.25, 0.3) is 0 Å². The molecular formula is C10H13F2N3O2. The predicted molar refractivity (Wildman–Crippen MR) is 56.3 cm³/mol. The number of nitrogens with one attached hydrogen (secondary N) is 1. The highest BCUT2D eigenvalue weighted by Gasteiger charge is 2.27. The van der Waals surface area contributed by atoms with Gasteiger partial charge >= 0.3 is 0 Å². The number of alkyl halides is 2. The minimum atomic E-state index is -2.52. The van der Waals surface area contributed by atoms with Crippen molar-refractivity contribution in [3.63, 3.8) is 0 Å². The average Bonchev–Trinajstić information content (AvgIpc) is 3.00. The van der Waals surface area contributed by atoms with E-state index in [0.29, 0.717) is 12.1 Å². The van der Waals surface area contributed by atoms with Gasteiger partial charge in [0.2, 0.25) is 6.41 Å². The lowest BCUT2D eigenvalue weighted by Crippen LogP contribution is -2.14. The summed E-state index contributed by atoms with van der Waals surface area (Å²) in [6.45, 7) is 1.35. The summed E-state index contributed by atoms with van der Waals surface area (Å²) in [4.78, 5) is 10.4. The fourth-order valence-electron chi connectivity index (χ4n) is 1.29. The van der Waals surface area contributed by atoms with Gasteiger partial charge < -0.3 is 10.1 Å². The number of carbonyl (C=O) groups is 1. The van der Waals surface area contributed by atoms with Crippen LogP contribution in [-0.4, -0.2) is 28.7 Å². The van der Waals surface area contributed by atoms with Crippen molar-refractivity contribution in [2.45, 2.75) is 38.3 Å². The normalized spacial score (nSPS) is 16.9. The zero-order valence-electron chi connectivity index (χ0n) is 9.27. The van der Waals surface area contributed by atoms with Crippen LogP contribution >= 0.6 is 0 Å². The largest absolute Gasteiger partial charge is 0.472 e. The molecule has 1 heterocycles. The van der Waals surface area contributed by atoms with E-state index in [9.17, 15) is 13.6 Å². The summed E-state index contributed by atoms with van der Waals surface area (Å²) in [5, 5.41) is 6.31. The molecule has 2 rings (SSSR count). The summed E-state index contributed by atoms with van der Waals surface area (Å²) in [5.74, 6) is 0.201. The highest BCUT2D eigenvalue weighted by Crippen LogP contribution is 2.32. The molecule has 0 aliphatic heterocycles. The lowest BCUT2D eigenvalue weighted by molar-refractivity contribution is -0.105. The molecule has 7 heteroatoms. The second-order valence-corrected chi connectivity index (χ2v) is 3.98. The zero-order valence-corrected chi connectivity index (χ0v) is 9.27. The minimum absolute atomic E-state index is 0.0902. The van der Waals surface area contributed by atoms with Gasteiger partial charge in [-0.2, -0.15) is 0 Å². The van der Waals surface area contributed by atoms with Crippen LogP contribution in [0.4, 0.5) is 14.5 Å². The number of rotatable bonds is 6. The monoisotopic (exact) mass is 245 g/mol. The molecule has 1 aliphatic carbocycles. The Morgan fingerprint density at radius 2 is 2.35 bits per heavy atom. The maximum atomic E-state index is 12.5. The topological polar surface area (TPSA) is 56.2 Å². The Kier molecular flexibility index (Phi) is 3.26. The molecule has 1 aromatic heterocycles. The third-order valence-electron chi connectivity index (χ3n) is 2.50. The molecule has 1 aliphatic rings. The van der Waals surface area contributed by atoms with E-state index in [4.69, 9.17) is 4.74 Å². The lowest BCUT2D eigenvalue weighted by atomic mass is 10.4. The van der Waals surface area contributed by atoms with Crippen LogP contribution in [0.2, 0.25) is 0 Å². The first-order valence-corrected chi connectivity index (χ1v) is 5.36. The van der Waals surface area contributed by atoms with Crippen LogP contribution in [0.15, 0.2) is 6.20 Å². The average molecular weight is 245 g/mol. The van der Waals surface area contributed by atoms with Gasteiger partial charge in [0.15, 0.2) is 0 Å². The number of halogens is 2. The van der Waals surface area contributed by atoms with Crippen molar-refractivity contribution in [2.75, 3.05) is 5.32 Å². The zero-order chi connectivity index (χ0) is 12.4. The maximum Gasteiger partial charge on any atom is 0.260 e. The van der Waals surface area contributed by atoms with Gasteiger partial charge in [0.25, 0.3) is 12.3 Å². The Labute approximate surface area is 96.7 Å². The van der Waals surface area contributed by atoms with E-state index in [1.54, 1.807) is 0 Å². The fraction of sp³-hybridized carbons (Fsp3) is 0.600. The van der Waals surface area contributed by atoms with E-state index >= 15 is 0 Å². The van der Waals surface area contributed by atoms with Gasteiger partial charge in [0.05, 0.1) is 6.20 Å². The van der Waals surface area contributed by atoms with Gasteiger partial charge in [-0.25, -0.2) is 8.78 Å². The summed E-state index contributed by atoms with van der Waals surface area (Å²) in [6.07, 6.45) is 1.24. The molecule has 0 bridgehead atoms. The van der Waals surface area contributed by atoms with E-state index in [-0.39, 0.29) is 12.0 Å². The van der Waals surface area contributed by atoms with E-state index in [2.05, 4.69) is 10.4 Å². The Morgan fingerprint density at radius 3 is 2.88 bits per heavy atom. The summed E-state index contributed by atoms with van der Waals surface area (Å²) < 4.78 is 31.6. The second-order valence-electron chi connectivity index (χ2n) is 3.98. The molecule has 1 aromatic rings. The first-order valence-electron chi connectivity index (χ1n) is 5.36. The third-order valence-corrected chi connectivity index (χ3v) is 2.50. The van der Waals surface area contributed by atoms with E-state index in [0.717, 1.165) is 17.5 Å². The number of nitrogens with zero attached hydrogens (tertiary/aromatic N) is 2. The number of anilines is 1. The van der Waals surface area contributed by atoms with Crippen molar-refractivity contribution < 1.29 is 18.3 Å². The molecule has 1 unspecified atom stereocenters. The summed E-state index contributed by atoms with van der Waals surface area (Å²) in [7, 11) is 0. The number of hydrogen-bond acceptors (Lipinski definition) is 3. The molecule has 1 atom stereocenters. The Bertz CT molecular complexity index is 404. The van der Waals surface area contributed by atoms with Crippen molar-refractivity contribution in [1.82, 2.24) is 9.78 Å². The molecule has 94 valence electrons. The number of ether oxygens (including phenoxy) is 1. The third kappa shape index (κ3) is 2.72. The van der Waals surface area contributed by atoms with Crippen molar-refractivity contribution in [1.29, 1.82) is 0 Å². The standard InChI is InChI=1S/C10H13F2N3O2/c1-6(9(11)12)15-4-8(13-5-16)10(14-15)17-7-2-3-7/h4-7,9H,2-3H2,1H3,(H,13,16). The van der Waals surface area contributed by atoms with E-state index in [1.165, 1.54) is 13.1 Å². The van der Waals surface area contributed by atoms with Gasteiger partial charge in [-0.15, -0.1) is 5.10 Å². The SMILES string of the molecule is CC(C(F)F)n1cc(NC=O)c(OC2CC2)n1. The van der Waals surface area contributed by atoms with Crippen molar-refractivity contribution in [3.05, 3.63) is 6.20 Å². The Balaban J connectivity index is 2.19. The van der Waals surface area contributed by atoms with E-state index in [1.807, 2.05) is 0 Å². The molecular weight excluding hydrogens is 232 g/mol. The Morgan fingerprint density at radius 1 is 1.65 bits per heavy atom. The molecule has 1 amide bonds. The summed E-state index contributed by atoms with van der Waals surface area (Å²) in [5.41, 5.74) is 0.319. The molecule has 0 spiro atoms. The van der Waals surface area contributed by atoms with Gasteiger partial charge in [-0.1, -0.05) is 0 Å². The van der Waals surface area contributed by atoms with Crippen LogP contribution in [-0.2, 0) is 4.79 Å². The van der Waals surface area contributed by atoms with Gasteiger partial charge in [0.1, 0.15) is 17.8 Å². The summed E-state index contributed by atoms with van der Waals surface area (Å²) >= 11 is 0. The van der Waals surface area contributed by atoms with Gasteiger partial charge in [0, 0.05) is 0 Å². The molecule has 1 fully saturated rings. The molecule has 5 nitrogen and oxygen atoms in total.